The summed E-state index contributed by atoms with van der Waals surface area (Å²) in [7, 11) is 0. The molecule has 0 unspecified atom stereocenters. The molecule has 10 heteroatoms. The van der Waals surface area contributed by atoms with E-state index in [0.29, 0.717) is 0 Å². The van der Waals surface area contributed by atoms with Crippen molar-refractivity contribution in [2.45, 2.75) is 111 Å². The average Bonchev–Trinajstić information content (AvgIpc) is 2.65. The Morgan fingerprint density at radius 3 is 1.88 bits per heavy atom. The highest BCUT2D eigenvalue weighted by Gasteiger charge is 2.35. The van der Waals surface area contributed by atoms with Crippen molar-refractivity contribution in [3.63, 3.8) is 0 Å². The van der Waals surface area contributed by atoms with Gasteiger partial charge in [-0.05, 0) is 60.5 Å². The topological polar surface area (TPSA) is 136 Å². The molecule has 0 heterocycles. The van der Waals surface area contributed by atoms with E-state index in [9.17, 15) is 19.5 Å². The fraction of sp³-hybridized carbons (Fsp3) is 0.750. The minimum Gasteiger partial charge on any atom is -0.478 e. The van der Waals surface area contributed by atoms with Crippen LogP contribution in [0.15, 0.2) is 16.6 Å². The number of carboxylic acids is 1. The van der Waals surface area contributed by atoms with Crippen LogP contribution in [0.4, 0.5) is 9.59 Å². The number of nitrogens with one attached hydrogen (secondary N) is 2. The van der Waals surface area contributed by atoms with Crippen LogP contribution in [-0.4, -0.2) is 58.7 Å². The molecule has 1 rings (SSSR count). The summed E-state index contributed by atoms with van der Waals surface area (Å²) < 4.78 is 16.7. The van der Waals surface area contributed by atoms with Gasteiger partial charge >= 0.3 is 18.2 Å². The Labute approximate surface area is 202 Å². The molecule has 1 aliphatic carbocycles. The highest BCUT2D eigenvalue weighted by molar-refractivity contribution is 6.01. The molecule has 0 spiro atoms. The number of carboxylic acid groups (broad SMARTS) is 1. The maximum absolute atomic E-state index is 12.4. The second-order valence-electron chi connectivity index (χ2n) is 10.4. The molecule has 0 fully saturated rings. The number of aliphatic carboxylic acids is 1. The fourth-order valence-electron chi connectivity index (χ4n) is 3.30. The minimum atomic E-state index is -1.06. The Balaban J connectivity index is 3.26. The standard InChI is InChI=1S/C24H41N3O7/c1-10-16(11-2)32-18-13-15(19(28)29)12-17(14(18)3)25-20(26-21(30)33-23(4,5)6)27-22(31)34-24(7,8)9/h13-14,16-18H,10-12H2,1-9H3,(H,28,29)(H2,25,26,27,30,31)/t14-,17+,18-/m1/s1. The second-order valence-corrected chi connectivity index (χ2v) is 10.4. The van der Waals surface area contributed by atoms with Gasteiger partial charge in [0.15, 0.2) is 0 Å². The van der Waals surface area contributed by atoms with Crippen molar-refractivity contribution < 1.29 is 33.7 Å². The molecule has 1 aliphatic rings. The van der Waals surface area contributed by atoms with E-state index in [2.05, 4.69) is 15.6 Å². The predicted molar refractivity (Wildman–Crippen MR) is 129 cm³/mol. The Hall–Kier alpha value is -2.62. The van der Waals surface area contributed by atoms with E-state index in [1.165, 1.54) is 0 Å². The maximum atomic E-state index is 12.4. The van der Waals surface area contributed by atoms with Gasteiger partial charge < -0.3 is 19.3 Å². The van der Waals surface area contributed by atoms with Gasteiger partial charge in [-0.3, -0.25) is 10.6 Å². The molecule has 0 saturated carbocycles. The summed E-state index contributed by atoms with van der Waals surface area (Å²) in [6, 6.07) is -0.588. The normalized spacial score (nSPS) is 20.8. The molecule has 0 aliphatic heterocycles. The summed E-state index contributed by atoms with van der Waals surface area (Å²) in [5.41, 5.74) is -1.38. The quantitative estimate of drug-likeness (QED) is 0.377. The number of alkyl carbamates (subject to hydrolysis) is 2. The van der Waals surface area contributed by atoms with E-state index in [0.717, 1.165) is 12.8 Å². The van der Waals surface area contributed by atoms with Gasteiger partial charge in [0.25, 0.3) is 0 Å². The maximum Gasteiger partial charge on any atom is 0.414 e. The molecule has 3 N–H and O–H groups in total. The molecule has 3 atom stereocenters. The first-order valence-electron chi connectivity index (χ1n) is 11.7. The predicted octanol–water partition coefficient (Wildman–Crippen LogP) is 4.39. The van der Waals surface area contributed by atoms with Crippen LogP contribution in [-0.2, 0) is 19.0 Å². The number of amides is 2. The summed E-state index contributed by atoms with van der Waals surface area (Å²) in [5.74, 6) is -1.47. The molecule has 0 aromatic heterocycles. The first-order chi connectivity index (χ1) is 15.5. The van der Waals surface area contributed by atoms with Crippen molar-refractivity contribution in [3.8, 4) is 0 Å². The minimum absolute atomic E-state index is 0.0271. The zero-order valence-electron chi connectivity index (χ0n) is 21.9. The molecular weight excluding hydrogens is 442 g/mol. The van der Waals surface area contributed by atoms with Gasteiger partial charge in [-0.25, -0.2) is 19.4 Å². The van der Waals surface area contributed by atoms with Crippen LogP contribution in [0.3, 0.4) is 0 Å². The first-order valence-corrected chi connectivity index (χ1v) is 11.7. The van der Waals surface area contributed by atoms with Crippen molar-refractivity contribution in [1.82, 2.24) is 10.6 Å². The Morgan fingerprint density at radius 2 is 1.50 bits per heavy atom. The van der Waals surface area contributed by atoms with Gasteiger partial charge in [-0.1, -0.05) is 20.8 Å². The molecule has 34 heavy (non-hydrogen) atoms. The van der Waals surface area contributed by atoms with Crippen LogP contribution in [0.25, 0.3) is 0 Å². The van der Waals surface area contributed by atoms with E-state index in [1.807, 2.05) is 20.8 Å². The van der Waals surface area contributed by atoms with Crippen LogP contribution in [0, 0.1) is 5.92 Å². The molecule has 0 aromatic rings. The lowest BCUT2D eigenvalue weighted by Crippen LogP contribution is -2.48. The van der Waals surface area contributed by atoms with E-state index < -0.39 is 41.5 Å². The number of carbonyl (C=O) groups excluding carboxylic acids is 2. The summed E-state index contributed by atoms with van der Waals surface area (Å²) >= 11 is 0. The molecular formula is C24H41N3O7. The van der Waals surface area contributed by atoms with Crippen molar-refractivity contribution in [2.75, 3.05) is 0 Å². The number of nitrogens with zero attached hydrogens (tertiary/aromatic N) is 1. The zero-order valence-corrected chi connectivity index (χ0v) is 21.9. The molecule has 10 nitrogen and oxygen atoms in total. The number of hydrogen-bond donors (Lipinski definition) is 3. The van der Waals surface area contributed by atoms with E-state index in [4.69, 9.17) is 14.2 Å². The number of guanidine groups is 1. The molecule has 0 bridgehead atoms. The largest absolute Gasteiger partial charge is 0.478 e. The molecule has 2 amide bonds. The zero-order chi connectivity index (χ0) is 26.3. The summed E-state index contributed by atoms with van der Waals surface area (Å²) in [5, 5.41) is 14.5. The summed E-state index contributed by atoms with van der Waals surface area (Å²) in [6.07, 6.45) is 1.16. The third-order valence-electron chi connectivity index (χ3n) is 4.99. The Bertz CT molecular complexity index is 757. The van der Waals surface area contributed by atoms with Gasteiger partial charge in [-0.2, -0.15) is 0 Å². The van der Waals surface area contributed by atoms with Crippen molar-refractivity contribution in [2.24, 2.45) is 10.9 Å². The summed E-state index contributed by atoms with van der Waals surface area (Å²) in [4.78, 5) is 41.1. The van der Waals surface area contributed by atoms with Gasteiger partial charge in [-0.15, -0.1) is 0 Å². The Kier molecular flexibility index (Phi) is 10.5. The molecule has 0 saturated heterocycles. The van der Waals surface area contributed by atoms with Crippen molar-refractivity contribution >= 4 is 24.1 Å². The first kappa shape index (κ1) is 29.4. The second kappa shape index (κ2) is 12.2. The van der Waals surface area contributed by atoms with Crippen molar-refractivity contribution in [1.29, 1.82) is 0 Å². The lowest BCUT2D eigenvalue weighted by atomic mass is 9.84. The number of hydrogen-bond acceptors (Lipinski definition) is 7. The third-order valence-corrected chi connectivity index (χ3v) is 4.99. The van der Waals surface area contributed by atoms with E-state index in [-0.39, 0.29) is 30.0 Å². The smallest absolute Gasteiger partial charge is 0.414 e. The van der Waals surface area contributed by atoms with Crippen LogP contribution >= 0.6 is 0 Å². The molecule has 0 aromatic carbocycles. The van der Waals surface area contributed by atoms with E-state index >= 15 is 0 Å². The van der Waals surface area contributed by atoms with Gasteiger partial charge in [0.05, 0.1) is 18.2 Å². The number of rotatable bonds is 6. The third kappa shape index (κ3) is 10.5. The van der Waals surface area contributed by atoms with Crippen LogP contribution < -0.4 is 10.6 Å². The number of aliphatic imine (C=N–C) groups is 1. The Morgan fingerprint density at radius 1 is 1.03 bits per heavy atom. The molecule has 0 radical (unpaired) electrons. The number of carbonyl (C=O) groups is 3. The van der Waals surface area contributed by atoms with Gasteiger partial charge in [0.2, 0.25) is 5.96 Å². The SMILES string of the molecule is CCC(CC)O[C@@H]1C=C(C(=O)O)C[C@H](N=C(NC(=O)OC(C)(C)C)NC(=O)OC(C)(C)C)[C@H]1C. The lowest BCUT2D eigenvalue weighted by molar-refractivity contribution is -0.133. The van der Waals surface area contributed by atoms with Crippen LogP contribution in [0.1, 0.15) is 81.6 Å². The highest BCUT2D eigenvalue weighted by Crippen LogP contribution is 2.30. The van der Waals surface area contributed by atoms with Gasteiger partial charge in [0.1, 0.15) is 11.2 Å². The van der Waals surface area contributed by atoms with Crippen molar-refractivity contribution in [3.05, 3.63) is 11.6 Å². The van der Waals surface area contributed by atoms with Crippen LogP contribution in [0.2, 0.25) is 0 Å². The fourth-order valence-corrected chi connectivity index (χ4v) is 3.30. The van der Waals surface area contributed by atoms with E-state index in [1.54, 1.807) is 47.6 Å². The average molecular weight is 484 g/mol. The molecule has 194 valence electrons. The lowest BCUT2D eigenvalue weighted by Gasteiger charge is -2.34. The highest BCUT2D eigenvalue weighted by atomic mass is 16.6. The van der Waals surface area contributed by atoms with Crippen LogP contribution in [0.5, 0.6) is 0 Å². The number of ether oxygens (including phenoxy) is 3. The van der Waals surface area contributed by atoms with Gasteiger partial charge in [0, 0.05) is 17.9 Å². The summed E-state index contributed by atoms with van der Waals surface area (Å²) in [6.45, 7) is 16.1. The monoisotopic (exact) mass is 483 g/mol.